The highest BCUT2D eigenvalue weighted by atomic mass is 32.2. The van der Waals surface area contributed by atoms with Crippen LogP contribution in [-0.2, 0) is 9.84 Å². The van der Waals surface area contributed by atoms with Crippen molar-refractivity contribution < 1.29 is 21.9 Å². The van der Waals surface area contributed by atoms with E-state index in [0.29, 0.717) is 12.3 Å². The van der Waals surface area contributed by atoms with Crippen molar-refractivity contribution in [2.75, 3.05) is 13.1 Å². The fraction of sp³-hybridized carbons (Fsp3) is 0.294. The number of piperidine rings is 1. The largest absolute Gasteiger partial charge is 0.488 e. The van der Waals surface area contributed by atoms with Gasteiger partial charge in [0.25, 0.3) is 0 Å². The van der Waals surface area contributed by atoms with E-state index in [2.05, 4.69) is 5.32 Å². The first kappa shape index (κ1) is 15.5. The molecule has 0 amide bonds. The van der Waals surface area contributed by atoms with Crippen molar-refractivity contribution in [2.45, 2.75) is 28.2 Å². The number of hydrogen-bond donors (Lipinski definition) is 1. The van der Waals surface area contributed by atoms with Gasteiger partial charge in [-0.2, -0.15) is 0 Å². The van der Waals surface area contributed by atoms with E-state index in [1.807, 2.05) is 0 Å². The lowest BCUT2D eigenvalue weighted by atomic mass is 9.90. The van der Waals surface area contributed by atoms with E-state index in [-0.39, 0.29) is 16.9 Å². The summed E-state index contributed by atoms with van der Waals surface area (Å²) < 4.78 is 58.4. The van der Waals surface area contributed by atoms with Crippen LogP contribution in [0.25, 0.3) is 0 Å². The minimum absolute atomic E-state index is 0.0161. The minimum Gasteiger partial charge on any atom is -0.488 e. The van der Waals surface area contributed by atoms with Crippen molar-refractivity contribution in [1.29, 1.82) is 0 Å². The van der Waals surface area contributed by atoms with Gasteiger partial charge in [-0.1, -0.05) is 12.1 Å². The molecule has 2 aliphatic heterocycles. The Kier molecular flexibility index (Phi) is 3.58. The second-order valence-electron chi connectivity index (χ2n) is 6.01. The maximum Gasteiger partial charge on any atom is 0.209 e. The molecular formula is C17H15F2NO3S. The lowest BCUT2D eigenvalue weighted by Crippen LogP contribution is -2.39. The molecule has 4 nitrogen and oxygen atoms in total. The van der Waals surface area contributed by atoms with Crippen LogP contribution in [0, 0.1) is 11.6 Å². The van der Waals surface area contributed by atoms with Gasteiger partial charge in [0, 0.05) is 18.0 Å². The van der Waals surface area contributed by atoms with Crippen molar-refractivity contribution in [3.8, 4) is 5.75 Å². The predicted molar refractivity (Wildman–Crippen MR) is 82.9 cm³/mol. The summed E-state index contributed by atoms with van der Waals surface area (Å²) in [7, 11) is -4.16. The molecule has 0 bridgehead atoms. The lowest BCUT2D eigenvalue weighted by Gasteiger charge is -2.24. The zero-order chi connectivity index (χ0) is 16.9. The summed E-state index contributed by atoms with van der Waals surface area (Å²) in [5.74, 6) is -1.81. The summed E-state index contributed by atoms with van der Waals surface area (Å²) in [4.78, 5) is -0.767. The number of rotatable bonds is 2. The predicted octanol–water partition coefficient (Wildman–Crippen LogP) is 2.64. The molecule has 0 aromatic heterocycles. The molecule has 1 fully saturated rings. The average molecular weight is 351 g/mol. The van der Waals surface area contributed by atoms with Crippen molar-refractivity contribution in [2.24, 2.45) is 0 Å². The number of halogens is 2. The molecule has 24 heavy (non-hydrogen) atoms. The van der Waals surface area contributed by atoms with Crippen molar-refractivity contribution in [3.05, 3.63) is 53.6 Å². The first-order valence-electron chi connectivity index (χ1n) is 7.69. The van der Waals surface area contributed by atoms with Crippen molar-refractivity contribution in [3.63, 3.8) is 0 Å². The Bertz CT molecular complexity index is 914. The van der Waals surface area contributed by atoms with Crippen LogP contribution in [-0.4, -0.2) is 27.6 Å². The molecule has 2 aromatic carbocycles. The second-order valence-corrected chi connectivity index (χ2v) is 7.93. The Labute approximate surface area is 138 Å². The summed E-state index contributed by atoms with van der Waals surface area (Å²) in [6.45, 7) is 1.60. The van der Waals surface area contributed by atoms with Crippen LogP contribution >= 0.6 is 0 Å². The number of ether oxygens (including phenoxy) is 1. The van der Waals surface area contributed by atoms with Gasteiger partial charge in [-0.15, -0.1) is 0 Å². The maximum absolute atomic E-state index is 13.9. The molecule has 0 saturated carbocycles. The molecule has 126 valence electrons. The standard InChI is InChI=1S/C17H15F2NO3S/c18-13-2-1-3-16(17(13)19)24(21,22)10-4-5-11-12-6-7-20-9-15(12)23-14(11)8-10/h1-5,8,12,15,20H,6-7,9H2. The van der Waals surface area contributed by atoms with Gasteiger partial charge in [0.1, 0.15) is 16.7 Å². The highest BCUT2D eigenvalue weighted by Gasteiger charge is 2.37. The van der Waals surface area contributed by atoms with Crippen molar-refractivity contribution >= 4 is 9.84 Å². The number of hydrogen-bond acceptors (Lipinski definition) is 4. The van der Waals surface area contributed by atoms with E-state index in [1.54, 1.807) is 6.07 Å². The fourth-order valence-corrected chi connectivity index (χ4v) is 4.74. The third-order valence-electron chi connectivity index (χ3n) is 4.61. The molecular weight excluding hydrogens is 336 g/mol. The van der Waals surface area contributed by atoms with Crippen LogP contribution in [0.3, 0.4) is 0 Å². The van der Waals surface area contributed by atoms with Gasteiger partial charge in [0.05, 0.1) is 4.90 Å². The van der Waals surface area contributed by atoms with Gasteiger partial charge in [0.15, 0.2) is 11.6 Å². The SMILES string of the molecule is O=S(=O)(c1ccc2c(c1)OC1CNCCC21)c1cccc(F)c1F. The van der Waals surface area contributed by atoms with E-state index in [4.69, 9.17) is 4.74 Å². The fourth-order valence-electron chi connectivity index (χ4n) is 3.38. The van der Waals surface area contributed by atoms with Crippen LogP contribution in [0.15, 0.2) is 46.2 Å². The molecule has 2 aromatic rings. The highest BCUT2D eigenvalue weighted by molar-refractivity contribution is 7.91. The molecule has 7 heteroatoms. The first-order chi connectivity index (χ1) is 11.5. The number of sulfone groups is 1. The maximum atomic E-state index is 13.9. The summed E-state index contributed by atoms with van der Waals surface area (Å²) >= 11 is 0. The van der Waals surface area contributed by atoms with Gasteiger partial charge < -0.3 is 10.1 Å². The summed E-state index contributed by atoms with van der Waals surface area (Å²) in [5, 5.41) is 3.24. The Morgan fingerprint density at radius 2 is 2.00 bits per heavy atom. The summed E-state index contributed by atoms with van der Waals surface area (Å²) in [6.07, 6.45) is 0.903. The van der Waals surface area contributed by atoms with E-state index >= 15 is 0 Å². The Morgan fingerprint density at radius 3 is 2.83 bits per heavy atom. The number of benzene rings is 2. The van der Waals surface area contributed by atoms with E-state index in [0.717, 1.165) is 30.7 Å². The quantitative estimate of drug-likeness (QED) is 0.904. The van der Waals surface area contributed by atoms with E-state index in [9.17, 15) is 17.2 Å². The highest BCUT2D eigenvalue weighted by Crippen LogP contribution is 2.42. The molecule has 0 aliphatic carbocycles. The molecule has 2 unspecified atom stereocenters. The van der Waals surface area contributed by atoms with E-state index < -0.39 is 26.4 Å². The third kappa shape index (κ3) is 2.31. The zero-order valence-electron chi connectivity index (χ0n) is 12.6. The summed E-state index contributed by atoms with van der Waals surface area (Å²) in [5.41, 5.74) is 0.972. The average Bonchev–Trinajstić information content (AvgIpc) is 2.95. The monoisotopic (exact) mass is 351 g/mol. The molecule has 0 spiro atoms. The number of nitrogens with one attached hydrogen (secondary N) is 1. The molecule has 1 N–H and O–H groups in total. The van der Waals surface area contributed by atoms with E-state index in [1.165, 1.54) is 18.2 Å². The Hall–Kier alpha value is -1.99. The molecule has 2 atom stereocenters. The normalized spacial score (nSPS) is 22.6. The molecule has 1 saturated heterocycles. The Balaban J connectivity index is 1.77. The summed E-state index contributed by atoms with van der Waals surface area (Å²) in [6, 6.07) is 7.69. The van der Waals surface area contributed by atoms with Crippen LogP contribution in [0.4, 0.5) is 8.78 Å². The van der Waals surface area contributed by atoms with Gasteiger partial charge in [-0.3, -0.25) is 0 Å². The third-order valence-corrected chi connectivity index (χ3v) is 6.37. The van der Waals surface area contributed by atoms with Crippen LogP contribution in [0.2, 0.25) is 0 Å². The smallest absolute Gasteiger partial charge is 0.209 e. The lowest BCUT2D eigenvalue weighted by molar-refractivity contribution is 0.176. The van der Waals surface area contributed by atoms with Crippen molar-refractivity contribution in [1.82, 2.24) is 5.32 Å². The molecule has 2 heterocycles. The minimum atomic E-state index is -4.16. The first-order valence-corrected chi connectivity index (χ1v) is 9.17. The topological polar surface area (TPSA) is 55.4 Å². The van der Waals surface area contributed by atoms with Crippen LogP contribution < -0.4 is 10.1 Å². The molecule has 2 aliphatic rings. The van der Waals surface area contributed by atoms with Gasteiger partial charge in [0.2, 0.25) is 9.84 Å². The zero-order valence-corrected chi connectivity index (χ0v) is 13.4. The van der Waals surface area contributed by atoms with Crippen LogP contribution in [0.5, 0.6) is 5.75 Å². The molecule has 4 rings (SSSR count). The van der Waals surface area contributed by atoms with Gasteiger partial charge >= 0.3 is 0 Å². The molecule has 0 radical (unpaired) electrons. The van der Waals surface area contributed by atoms with Gasteiger partial charge in [-0.25, -0.2) is 17.2 Å². The number of fused-ring (bicyclic) bond motifs is 3. The second kappa shape index (κ2) is 5.53. The Morgan fingerprint density at radius 1 is 1.17 bits per heavy atom. The van der Waals surface area contributed by atoms with Crippen LogP contribution in [0.1, 0.15) is 17.9 Å². The van der Waals surface area contributed by atoms with Gasteiger partial charge in [-0.05, 0) is 37.2 Å².